The van der Waals surface area contributed by atoms with Gasteiger partial charge in [-0.15, -0.1) is 11.8 Å². The van der Waals surface area contributed by atoms with Crippen LogP contribution >= 0.6 is 11.8 Å². The number of aliphatic hydroxyl groups is 1. The van der Waals surface area contributed by atoms with Crippen molar-refractivity contribution in [2.75, 3.05) is 18.1 Å². The highest BCUT2D eigenvalue weighted by Gasteiger charge is 2.31. The molecule has 0 aliphatic carbocycles. The van der Waals surface area contributed by atoms with Crippen molar-refractivity contribution in [2.45, 2.75) is 92.0 Å². The Morgan fingerprint density at radius 2 is 1.46 bits per heavy atom. The molecule has 5 nitrogen and oxygen atoms in total. The van der Waals surface area contributed by atoms with Crippen LogP contribution in [0.4, 0.5) is 0 Å². The molecular formula is C20H38O5S. The van der Waals surface area contributed by atoms with Crippen LogP contribution in [0.15, 0.2) is 0 Å². The molecule has 0 heterocycles. The van der Waals surface area contributed by atoms with Crippen LogP contribution < -0.4 is 0 Å². The minimum absolute atomic E-state index is 0.0669. The Labute approximate surface area is 163 Å². The maximum Gasteiger partial charge on any atom is 0.316 e. The van der Waals surface area contributed by atoms with Gasteiger partial charge in [0, 0.05) is 0 Å². The van der Waals surface area contributed by atoms with Crippen LogP contribution in [0.2, 0.25) is 0 Å². The van der Waals surface area contributed by atoms with Crippen molar-refractivity contribution in [1.29, 1.82) is 0 Å². The highest BCUT2D eigenvalue weighted by molar-refractivity contribution is 8.00. The summed E-state index contributed by atoms with van der Waals surface area (Å²) in [5.41, 5.74) is -2.22. The molecule has 0 saturated carbocycles. The second-order valence-corrected chi connectivity index (χ2v) is 10.8. The fraction of sp³-hybridized carbons (Fsp3) is 0.900. The van der Waals surface area contributed by atoms with Crippen molar-refractivity contribution in [1.82, 2.24) is 0 Å². The molecule has 0 radical (unpaired) electrons. The average Bonchev–Trinajstić information content (AvgIpc) is 2.32. The van der Waals surface area contributed by atoms with E-state index in [2.05, 4.69) is 20.8 Å². The van der Waals surface area contributed by atoms with Gasteiger partial charge in [0.1, 0.15) is 11.2 Å². The van der Waals surface area contributed by atoms with Gasteiger partial charge in [-0.3, -0.25) is 9.59 Å². The number of hydrogen-bond acceptors (Lipinski definition) is 6. The predicted octanol–water partition coefficient (Wildman–Crippen LogP) is 4.00. The quantitative estimate of drug-likeness (QED) is 0.538. The van der Waals surface area contributed by atoms with Gasteiger partial charge in [-0.05, 0) is 59.8 Å². The fourth-order valence-electron chi connectivity index (χ4n) is 2.69. The second-order valence-electron chi connectivity index (χ2n) is 9.81. The molecule has 0 aliphatic rings. The Morgan fingerprint density at radius 1 is 0.923 bits per heavy atom. The lowest BCUT2D eigenvalue weighted by Crippen LogP contribution is -2.38. The summed E-state index contributed by atoms with van der Waals surface area (Å²) in [5, 5.41) is 9.70. The van der Waals surface area contributed by atoms with E-state index in [4.69, 9.17) is 9.47 Å². The van der Waals surface area contributed by atoms with Gasteiger partial charge in [-0.1, -0.05) is 20.8 Å². The molecule has 154 valence electrons. The molecule has 0 aromatic heterocycles. The molecule has 0 unspecified atom stereocenters. The van der Waals surface area contributed by atoms with E-state index in [1.54, 1.807) is 27.7 Å². The van der Waals surface area contributed by atoms with Gasteiger partial charge in [-0.25, -0.2) is 0 Å². The number of carbonyl (C=O) groups is 2. The minimum Gasteiger partial charge on any atom is -0.459 e. The zero-order valence-electron chi connectivity index (χ0n) is 18.0. The molecule has 0 aliphatic heterocycles. The summed E-state index contributed by atoms with van der Waals surface area (Å²) in [6, 6.07) is 0. The molecule has 6 heteroatoms. The number of hydrogen-bond donors (Lipinski definition) is 1. The fourth-order valence-corrected chi connectivity index (χ4v) is 3.55. The zero-order valence-corrected chi connectivity index (χ0v) is 18.8. The van der Waals surface area contributed by atoms with Crippen molar-refractivity contribution >= 4 is 23.5 Å². The summed E-state index contributed by atoms with van der Waals surface area (Å²) in [7, 11) is 0. The van der Waals surface area contributed by atoms with Crippen molar-refractivity contribution in [2.24, 2.45) is 5.41 Å². The molecule has 0 aromatic rings. The topological polar surface area (TPSA) is 72.8 Å². The molecule has 0 aromatic carbocycles. The van der Waals surface area contributed by atoms with E-state index < -0.39 is 16.8 Å². The minimum atomic E-state index is -0.937. The average molecular weight is 391 g/mol. The number of ketones is 1. The standard InChI is InChI=1S/C20H38O5S/c1-17(2,3)14-19(6,7)25-16(22)13-26-12-15(21)20(8,9)24-11-10-18(4,5)23/h23H,10-14H2,1-9H3. The lowest BCUT2D eigenvalue weighted by atomic mass is 9.84. The number of thioether (sulfide) groups is 1. The lowest BCUT2D eigenvalue weighted by molar-refractivity contribution is -0.155. The molecule has 0 saturated heterocycles. The summed E-state index contributed by atoms with van der Waals surface area (Å²) in [6.45, 7) is 17.3. The van der Waals surface area contributed by atoms with E-state index in [9.17, 15) is 14.7 Å². The molecule has 0 fully saturated rings. The van der Waals surface area contributed by atoms with Gasteiger partial charge in [0.2, 0.25) is 0 Å². The second kappa shape index (κ2) is 9.56. The van der Waals surface area contributed by atoms with Crippen molar-refractivity contribution in [3.63, 3.8) is 0 Å². The van der Waals surface area contributed by atoms with E-state index >= 15 is 0 Å². The molecule has 26 heavy (non-hydrogen) atoms. The van der Waals surface area contributed by atoms with Crippen LogP contribution in [0, 0.1) is 5.41 Å². The van der Waals surface area contributed by atoms with Gasteiger partial charge in [0.25, 0.3) is 0 Å². The van der Waals surface area contributed by atoms with E-state index in [-0.39, 0.29) is 28.7 Å². The molecule has 0 bridgehead atoms. The predicted molar refractivity (Wildman–Crippen MR) is 108 cm³/mol. The molecule has 0 spiro atoms. The first-order valence-corrected chi connectivity index (χ1v) is 10.3. The maximum atomic E-state index is 12.3. The van der Waals surface area contributed by atoms with Gasteiger partial charge in [0.15, 0.2) is 5.78 Å². The van der Waals surface area contributed by atoms with Crippen LogP contribution in [-0.2, 0) is 19.1 Å². The summed E-state index contributed by atoms with van der Waals surface area (Å²) in [4.78, 5) is 24.4. The van der Waals surface area contributed by atoms with Crippen molar-refractivity contribution < 1.29 is 24.2 Å². The Morgan fingerprint density at radius 3 is 1.92 bits per heavy atom. The third-order valence-corrected chi connectivity index (χ3v) is 4.55. The lowest BCUT2D eigenvalue weighted by Gasteiger charge is -2.32. The van der Waals surface area contributed by atoms with Crippen LogP contribution in [-0.4, -0.2) is 51.8 Å². The van der Waals surface area contributed by atoms with Gasteiger partial charge >= 0.3 is 5.97 Å². The van der Waals surface area contributed by atoms with Crippen LogP contribution in [0.3, 0.4) is 0 Å². The Kier molecular flexibility index (Phi) is 9.34. The van der Waals surface area contributed by atoms with E-state index in [1.165, 1.54) is 11.8 Å². The summed E-state index contributed by atoms with van der Waals surface area (Å²) >= 11 is 1.24. The summed E-state index contributed by atoms with van der Waals surface area (Å²) in [5.74, 6) is -0.0681. The molecule has 1 N–H and O–H groups in total. The number of ether oxygens (including phenoxy) is 2. The Balaban J connectivity index is 4.29. The maximum absolute atomic E-state index is 12.3. The number of Topliss-reactive ketones (excluding diaryl/α,β-unsaturated/α-hetero) is 1. The first-order chi connectivity index (χ1) is 11.4. The third-order valence-electron chi connectivity index (χ3n) is 3.65. The highest BCUT2D eigenvalue weighted by atomic mass is 32.2. The van der Waals surface area contributed by atoms with E-state index in [1.807, 2.05) is 13.8 Å². The number of carbonyl (C=O) groups excluding carboxylic acids is 2. The summed E-state index contributed by atoms with van der Waals surface area (Å²) < 4.78 is 11.2. The Hall–Kier alpha value is -0.590. The van der Waals surface area contributed by atoms with Gasteiger partial charge in [-0.2, -0.15) is 0 Å². The molecule has 0 atom stereocenters. The van der Waals surface area contributed by atoms with Crippen LogP contribution in [0.5, 0.6) is 0 Å². The third kappa shape index (κ3) is 12.7. The number of rotatable bonds is 11. The van der Waals surface area contributed by atoms with Crippen molar-refractivity contribution in [3.8, 4) is 0 Å². The van der Waals surface area contributed by atoms with E-state index in [0.29, 0.717) is 13.0 Å². The zero-order chi connectivity index (χ0) is 20.8. The van der Waals surface area contributed by atoms with Gasteiger partial charge in [0.05, 0.1) is 23.7 Å². The first-order valence-electron chi connectivity index (χ1n) is 9.13. The molecular weight excluding hydrogens is 352 g/mol. The summed E-state index contributed by atoms with van der Waals surface area (Å²) in [6.07, 6.45) is 1.21. The van der Waals surface area contributed by atoms with Gasteiger partial charge < -0.3 is 14.6 Å². The SMILES string of the molecule is CC(C)(C)CC(C)(C)OC(=O)CSCC(=O)C(C)(C)OCCC(C)(C)O. The smallest absolute Gasteiger partial charge is 0.316 e. The Bertz CT molecular complexity index is 470. The normalized spacial score (nSPS) is 13.6. The molecule has 0 rings (SSSR count). The number of esters is 1. The monoisotopic (exact) mass is 390 g/mol. The van der Waals surface area contributed by atoms with Crippen LogP contribution in [0.1, 0.15) is 75.2 Å². The largest absolute Gasteiger partial charge is 0.459 e. The first kappa shape index (κ1) is 25.4. The highest BCUT2D eigenvalue weighted by Crippen LogP contribution is 2.29. The van der Waals surface area contributed by atoms with Crippen molar-refractivity contribution in [3.05, 3.63) is 0 Å². The van der Waals surface area contributed by atoms with Crippen LogP contribution in [0.25, 0.3) is 0 Å². The molecule has 0 amide bonds. The van der Waals surface area contributed by atoms with E-state index in [0.717, 1.165) is 6.42 Å².